The van der Waals surface area contributed by atoms with Crippen LogP contribution in [0.3, 0.4) is 0 Å². The number of fused-ring (bicyclic) bond motifs is 1. The lowest BCUT2D eigenvalue weighted by Gasteiger charge is -2.16. The van der Waals surface area contributed by atoms with E-state index in [1.54, 1.807) is 0 Å². The van der Waals surface area contributed by atoms with Crippen LogP contribution in [0.4, 0.5) is 26.3 Å². The SMILES string of the molecule is Cc1cc2c(cc1F)c(C#N)c(-c1ccc(S(=O)NC(C)C(F)(F)F)cn1)n2-c1cc(F)cc(F)n1. The minimum absolute atomic E-state index is 0.00366. The third kappa shape index (κ3) is 4.69. The van der Waals surface area contributed by atoms with Crippen LogP contribution in [0.2, 0.25) is 0 Å². The maximum Gasteiger partial charge on any atom is 0.404 e. The van der Waals surface area contributed by atoms with E-state index in [1.807, 2.05) is 10.8 Å². The van der Waals surface area contributed by atoms with E-state index in [2.05, 4.69) is 9.97 Å². The average Bonchev–Trinajstić information content (AvgIpc) is 3.11. The summed E-state index contributed by atoms with van der Waals surface area (Å²) in [6.45, 7) is 2.28. The standard InChI is InChI=1S/C23H15F6N5OS/c1-11-5-19-15(8-17(11)25)16(9-30)22(34(19)21-7-13(24)6-20(26)32-21)18-4-3-14(10-31-18)36(35)33-12(2)23(27,28)29/h3-8,10,12,33H,1-2H3. The van der Waals surface area contributed by atoms with Crippen molar-refractivity contribution in [1.82, 2.24) is 19.3 Å². The van der Waals surface area contributed by atoms with Crippen LogP contribution < -0.4 is 4.72 Å². The van der Waals surface area contributed by atoms with Crippen molar-refractivity contribution < 1.29 is 30.6 Å². The fourth-order valence-corrected chi connectivity index (χ4v) is 4.43. The van der Waals surface area contributed by atoms with Crippen molar-refractivity contribution in [2.24, 2.45) is 0 Å². The van der Waals surface area contributed by atoms with Crippen molar-refractivity contribution in [3.8, 4) is 23.3 Å². The Hall–Kier alpha value is -3.76. The number of benzene rings is 1. The molecule has 4 aromatic rings. The van der Waals surface area contributed by atoms with Gasteiger partial charge in [0.1, 0.15) is 40.5 Å². The largest absolute Gasteiger partial charge is 0.404 e. The van der Waals surface area contributed by atoms with E-state index >= 15 is 0 Å². The Morgan fingerprint density at radius 1 is 1.14 bits per heavy atom. The number of nitrogens with one attached hydrogen (secondary N) is 1. The summed E-state index contributed by atoms with van der Waals surface area (Å²) in [6, 6.07) is 6.34. The van der Waals surface area contributed by atoms with Crippen molar-refractivity contribution in [2.45, 2.75) is 31.0 Å². The molecular weight excluding hydrogens is 508 g/mol. The van der Waals surface area contributed by atoms with E-state index < -0.39 is 40.8 Å². The number of alkyl halides is 3. The Morgan fingerprint density at radius 2 is 1.86 bits per heavy atom. The molecule has 0 aliphatic heterocycles. The van der Waals surface area contributed by atoms with Gasteiger partial charge in [0.05, 0.1) is 27.4 Å². The lowest BCUT2D eigenvalue weighted by molar-refractivity contribution is -0.146. The number of halogens is 6. The summed E-state index contributed by atoms with van der Waals surface area (Å²) >= 11 is 0. The number of hydrogen-bond donors (Lipinski definition) is 1. The molecule has 0 radical (unpaired) electrons. The Balaban J connectivity index is 1.91. The van der Waals surface area contributed by atoms with Gasteiger partial charge in [0, 0.05) is 23.7 Å². The Kier molecular flexibility index (Phi) is 6.59. The fourth-order valence-electron chi connectivity index (χ4n) is 3.50. The molecule has 1 aromatic carbocycles. The van der Waals surface area contributed by atoms with Gasteiger partial charge in [-0.3, -0.25) is 9.55 Å². The molecule has 3 aromatic heterocycles. The summed E-state index contributed by atoms with van der Waals surface area (Å²) in [7, 11) is -2.27. The highest BCUT2D eigenvalue weighted by Crippen LogP contribution is 2.36. The van der Waals surface area contributed by atoms with Gasteiger partial charge in [-0.2, -0.15) is 22.8 Å². The van der Waals surface area contributed by atoms with E-state index in [9.17, 15) is 35.8 Å². The normalized spacial score (nSPS) is 13.5. The van der Waals surface area contributed by atoms with Crippen molar-refractivity contribution in [3.63, 3.8) is 0 Å². The Labute approximate surface area is 202 Å². The zero-order valence-electron chi connectivity index (χ0n) is 18.5. The van der Waals surface area contributed by atoms with Crippen LogP contribution in [0.25, 0.3) is 28.1 Å². The summed E-state index contributed by atoms with van der Waals surface area (Å²) in [5.74, 6) is -2.97. The van der Waals surface area contributed by atoms with E-state index in [1.165, 1.54) is 29.7 Å². The van der Waals surface area contributed by atoms with Crippen molar-refractivity contribution >= 4 is 21.9 Å². The lowest BCUT2D eigenvalue weighted by atomic mass is 10.1. The number of aromatic nitrogens is 3. The molecule has 0 fully saturated rings. The minimum atomic E-state index is -4.62. The molecule has 0 aliphatic carbocycles. The second-order valence-electron chi connectivity index (χ2n) is 7.78. The van der Waals surface area contributed by atoms with Crippen LogP contribution in [0.15, 0.2) is 47.5 Å². The van der Waals surface area contributed by atoms with E-state index in [0.29, 0.717) is 6.07 Å². The maximum atomic E-state index is 14.4. The molecule has 0 bridgehead atoms. The fraction of sp³-hybridized carbons (Fsp3) is 0.174. The monoisotopic (exact) mass is 523 g/mol. The minimum Gasteiger partial charge on any atom is -0.291 e. The molecule has 3 heterocycles. The quantitative estimate of drug-likeness (QED) is 0.286. The van der Waals surface area contributed by atoms with Crippen LogP contribution in [0, 0.1) is 35.8 Å². The van der Waals surface area contributed by atoms with Gasteiger partial charge in [-0.25, -0.2) is 22.7 Å². The van der Waals surface area contributed by atoms with Gasteiger partial charge in [-0.05, 0) is 43.7 Å². The maximum absolute atomic E-state index is 14.4. The Morgan fingerprint density at radius 3 is 2.44 bits per heavy atom. The number of nitriles is 1. The third-order valence-electron chi connectivity index (χ3n) is 5.30. The second kappa shape index (κ2) is 9.36. The summed E-state index contributed by atoms with van der Waals surface area (Å²) in [6.07, 6.45) is -3.58. The highest BCUT2D eigenvalue weighted by atomic mass is 32.2. The van der Waals surface area contributed by atoms with Crippen LogP contribution in [-0.4, -0.2) is 31.0 Å². The van der Waals surface area contributed by atoms with E-state index in [-0.39, 0.29) is 44.1 Å². The average molecular weight is 523 g/mol. The van der Waals surface area contributed by atoms with Gasteiger partial charge in [-0.1, -0.05) is 0 Å². The number of nitrogens with zero attached hydrogens (tertiary/aromatic N) is 4. The smallest absolute Gasteiger partial charge is 0.291 e. The number of pyridine rings is 2. The first-order chi connectivity index (χ1) is 16.9. The molecule has 2 unspecified atom stereocenters. The molecule has 0 spiro atoms. The second-order valence-corrected chi connectivity index (χ2v) is 9.03. The molecule has 0 saturated carbocycles. The molecule has 0 saturated heterocycles. The van der Waals surface area contributed by atoms with Crippen LogP contribution >= 0.6 is 0 Å². The van der Waals surface area contributed by atoms with Crippen molar-refractivity contribution in [1.29, 1.82) is 5.26 Å². The first-order valence-electron chi connectivity index (χ1n) is 10.2. The molecule has 4 rings (SSSR count). The molecular formula is C23H15F6N5OS. The first kappa shape index (κ1) is 25.3. The zero-order chi connectivity index (χ0) is 26.4. The molecule has 6 nitrogen and oxygen atoms in total. The zero-order valence-corrected chi connectivity index (χ0v) is 19.3. The highest BCUT2D eigenvalue weighted by molar-refractivity contribution is 7.83. The molecule has 0 amide bonds. The van der Waals surface area contributed by atoms with Gasteiger partial charge < -0.3 is 0 Å². The van der Waals surface area contributed by atoms with Crippen LogP contribution in [0.1, 0.15) is 18.1 Å². The van der Waals surface area contributed by atoms with Crippen LogP contribution in [0.5, 0.6) is 0 Å². The van der Waals surface area contributed by atoms with Gasteiger partial charge in [0.15, 0.2) is 0 Å². The van der Waals surface area contributed by atoms with E-state index in [0.717, 1.165) is 25.3 Å². The molecule has 0 aliphatic rings. The number of aryl methyl sites for hydroxylation is 1. The molecule has 1 N–H and O–H groups in total. The lowest BCUT2D eigenvalue weighted by Crippen LogP contribution is -2.40. The highest BCUT2D eigenvalue weighted by Gasteiger charge is 2.37. The van der Waals surface area contributed by atoms with Crippen molar-refractivity contribution in [2.75, 3.05) is 0 Å². The predicted octanol–water partition coefficient (Wildman–Crippen LogP) is 5.25. The third-order valence-corrected chi connectivity index (χ3v) is 6.54. The summed E-state index contributed by atoms with van der Waals surface area (Å²) in [4.78, 5) is 7.74. The van der Waals surface area contributed by atoms with Gasteiger partial charge in [-0.15, -0.1) is 0 Å². The van der Waals surface area contributed by atoms with E-state index in [4.69, 9.17) is 0 Å². The van der Waals surface area contributed by atoms with Crippen LogP contribution in [-0.2, 0) is 11.0 Å². The molecule has 13 heteroatoms. The molecule has 2 atom stereocenters. The molecule has 36 heavy (non-hydrogen) atoms. The molecule has 186 valence electrons. The predicted molar refractivity (Wildman–Crippen MR) is 119 cm³/mol. The van der Waals surface area contributed by atoms with Crippen molar-refractivity contribution in [3.05, 3.63) is 71.3 Å². The number of rotatable bonds is 5. The summed E-state index contributed by atoms with van der Waals surface area (Å²) in [5.41, 5.74) is 0.368. The first-order valence-corrected chi connectivity index (χ1v) is 11.3. The van der Waals surface area contributed by atoms with Gasteiger partial charge in [0.2, 0.25) is 5.95 Å². The summed E-state index contributed by atoms with van der Waals surface area (Å²) < 4.78 is 96.2. The van der Waals surface area contributed by atoms with Gasteiger partial charge in [0.25, 0.3) is 0 Å². The number of hydrogen-bond acceptors (Lipinski definition) is 4. The Bertz CT molecular complexity index is 1520. The topological polar surface area (TPSA) is 83.6 Å². The van der Waals surface area contributed by atoms with Gasteiger partial charge >= 0.3 is 6.18 Å². The summed E-state index contributed by atoms with van der Waals surface area (Å²) in [5, 5.41) is 10.0.